The number of hydrogen-bond donors (Lipinski definition) is 1. The van der Waals surface area contributed by atoms with Gasteiger partial charge in [-0.25, -0.2) is 9.59 Å². The molecule has 0 aliphatic rings. The van der Waals surface area contributed by atoms with E-state index in [1.807, 2.05) is 6.07 Å². The third kappa shape index (κ3) is 4.18. The van der Waals surface area contributed by atoms with Gasteiger partial charge in [0.2, 0.25) is 5.91 Å². The van der Waals surface area contributed by atoms with E-state index in [1.54, 1.807) is 36.4 Å². The molecule has 0 unspecified atom stereocenters. The van der Waals surface area contributed by atoms with Crippen molar-refractivity contribution < 1.29 is 18.7 Å². The van der Waals surface area contributed by atoms with Crippen molar-refractivity contribution >= 4 is 44.5 Å². The van der Waals surface area contributed by atoms with Crippen molar-refractivity contribution in [3.8, 4) is 0 Å². The van der Waals surface area contributed by atoms with E-state index in [9.17, 15) is 14.4 Å². The van der Waals surface area contributed by atoms with Gasteiger partial charge in [0.1, 0.15) is 12.2 Å². The number of rotatable bonds is 4. The molecule has 1 aromatic heterocycles. The average molecular weight is 416 g/mol. The van der Waals surface area contributed by atoms with Gasteiger partial charge in [-0.3, -0.25) is 4.79 Å². The maximum atomic E-state index is 12.2. The Morgan fingerprint density at radius 3 is 2.54 bits per heavy atom. The van der Waals surface area contributed by atoms with E-state index in [2.05, 4.69) is 21.2 Å². The first-order chi connectivity index (χ1) is 12.4. The number of carbonyl (C=O) groups excluding carboxylic acids is 2. The summed E-state index contributed by atoms with van der Waals surface area (Å²) in [6, 6.07) is 12.9. The molecule has 3 aromatic rings. The van der Waals surface area contributed by atoms with Crippen LogP contribution in [0.25, 0.3) is 11.0 Å². The molecular formula is C19H14BrNO5. The molecule has 1 amide bonds. The van der Waals surface area contributed by atoms with E-state index >= 15 is 0 Å². The summed E-state index contributed by atoms with van der Waals surface area (Å²) in [5.41, 5.74) is 1.39. The molecule has 0 fully saturated rings. The highest BCUT2D eigenvalue weighted by molar-refractivity contribution is 9.10. The molecule has 1 heterocycles. The van der Waals surface area contributed by atoms with Gasteiger partial charge in [-0.2, -0.15) is 0 Å². The van der Waals surface area contributed by atoms with Crippen LogP contribution in [0.5, 0.6) is 0 Å². The van der Waals surface area contributed by atoms with Gasteiger partial charge in [0.25, 0.3) is 0 Å². The van der Waals surface area contributed by atoms with Gasteiger partial charge in [-0.1, -0.05) is 15.9 Å². The standard InChI is InChI=1S/C19H14BrNO5/c1-11(22)21-15-5-2-12(3-6-15)19(24)25-10-13-8-18(23)26-17-9-14(20)4-7-16(13)17/h2-9H,10H2,1H3,(H,21,22). The minimum Gasteiger partial charge on any atom is -0.457 e. The lowest BCUT2D eigenvalue weighted by molar-refractivity contribution is -0.114. The maximum Gasteiger partial charge on any atom is 0.338 e. The maximum absolute atomic E-state index is 12.2. The van der Waals surface area contributed by atoms with Gasteiger partial charge < -0.3 is 14.5 Å². The Bertz CT molecular complexity index is 1040. The fourth-order valence-electron chi connectivity index (χ4n) is 2.44. The highest BCUT2D eigenvalue weighted by atomic mass is 79.9. The van der Waals surface area contributed by atoms with Gasteiger partial charge in [0, 0.05) is 34.1 Å². The fourth-order valence-corrected chi connectivity index (χ4v) is 2.78. The molecule has 0 radical (unpaired) electrons. The van der Waals surface area contributed by atoms with Crippen LogP contribution in [0.1, 0.15) is 22.8 Å². The highest BCUT2D eigenvalue weighted by Crippen LogP contribution is 2.22. The minimum atomic E-state index is -0.530. The van der Waals surface area contributed by atoms with E-state index in [4.69, 9.17) is 9.15 Å². The third-order valence-corrected chi connectivity index (χ3v) is 4.09. The number of esters is 1. The summed E-state index contributed by atoms with van der Waals surface area (Å²) in [6.07, 6.45) is 0. The van der Waals surface area contributed by atoms with Crippen LogP contribution in [-0.4, -0.2) is 11.9 Å². The first kappa shape index (κ1) is 17.9. The predicted molar refractivity (Wildman–Crippen MR) is 100 cm³/mol. The van der Waals surface area contributed by atoms with Crippen molar-refractivity contribution in [2.45, 2.75) is 13.5 Å². The molecule has 0 bridgehead atoms. The molecule has 0 aliphatic heterocycles. The Balaban J connectivity index is 1.76. The lowest BCUT2D eigenvalue weighted by Crippen LogP contribution is -2.09. The number of ether oxygens (including phenoxy) is 1. The number of benzene rings is 2. The quantitative estimate of drug-likeness (QED) is 0.516. The Morgan fingerprint density at radius 2 is 1.85 bits per heavy atom. The zero-order valence-corrected chi connectivity index (χ0v) is 15.3. The molecule has 3 rings (SSSR count). The van der Waals surface area contributed by atoms with E-state index < -0.39 is 11.6 Å². The number of nitrogens with one attached hydrogen (secondary N) is 1. The van der Waals surface area contributed by atoms with Crippen LogP contribution in [0, 0.1) is 0 Å². The molecule has 6 nitrogen and oxygen atoms in total. The summed E-state index contributed by atoms with van der Waals surface area (Å²) in [5, 5.41) is 3.32. The van der Waals surface area contributed by atoms with Crippen LogP contribution >= 0.6 is 15.9 Å². The molecule has 0 saturated carbocycles. The molecule has 0 atom stereocenters. The highest BCUT2D eigenvalue weighted by Gasteiger charge is 2.11. The Morgan fingerprint density at radius 1 is 1.12 bits per heavy atom. The molecule has 0 spiro atoms. The summed E-state index contributed by atoms with van der Waals surface area (Å²) in [6.45, 7) is 1.34. The van der Waals surface area contributed by atoms with E-state index in [-0.39, 0.29) is 12.5 Å². The molecule has 132 valence electrons. The molecule has 7 heteroatoms. The second kappa shape index (κ2) is 7.53. The molecule has 1 N–H and O–H groups in total. The smallest absolute Gasteiger partial charge is 0.338 e. The molecule has 26 heavy (non-hydrogen) atoms. The number of hydrogen-bond acceptors (Lipinski definition) is 5. The second-order valence-electron chi connectivity index (χ2n) is 5.57. The largest absolute Gasteiger partial charge is 0.457 e. The van der Waals surface area contributed by atoms with E-state index in [0.717, 1.165) is 4.47 Å². The lowest BCUT2D eigenvalue weighted by atomic mass is 10.1. The lowest BCUT2D eigenvalue weighted by Gasteiger charge is -2.08. The van der Waals surface area contributed by atoms with Crippen molar-refractivity contribution in [2.75, 3.05) is 5.32 Å². The topological polar surface area (TPSA) is 85.6 Å². The second-order valence-corrected chi connectivity index (χ2v) is 6.48. The van der Waals surface area contributed by atoms with Crippen LogP contribution in [0.15, 0.2) is 62.2 Å². The minimum absolute atomic E-state index is 0.0595. The first-order valence-corrected chi connectivity index (χ1v) is 8.49. The molecule has 0 aliphatic carbocycles. The van der Waals surface area contributed by atoms with E-state index in [1.165, 1.54) is 13.0 Å². The monoisotopic (exact) mass is 415 g/mol. The van der Waals surface area contributed by atoms with E-state index in [0.29, 0.717) is 27.8 Å². The number of anilines is 1. The van der Waals surface area contributed by atoms with Crippen LogP contribution in [0.3, 0.4) is 0 Å². The van der Waals surface area contributed by atoms with Crippen molar-refractivity contribution in [1.29, 1.82) is 0 Å². The molecule has 2 aromatic carbocycles. The zero-order chi connectivity index (χ0) is 18.7. The first-order valence-electron chi connectivity index (χ1n) is 7.69. The molecular weight excluding hydrogens is 402 g/mol. The molecule has 0 saturated heterocycles. The Hall–Kier alpha value is -2.93. The summed E-state index contributed by atoms with van der Waals surface area (Å²) in [5.74, 6) is -0.723. The zero-order valence-electron chi connectivity index (χ0n) is 13.7. The van der Waals surface area contributed by atoms with Crippen molar-refractivity contribution in [3.63, 3.8) is 0 Å². The summed E-state index contributed by atoms with van der Waals surface area (Å²) >= 11 is 3.32. The number of carbonyl (C=O) groups is 2. The normalized spacial score (nSPS) is 10.5. The Kier molecular flexibility index (Phi) is 5.18. The summed E-state index contributed by atoms with van der Waals surface area (Å²) in [7, 11) is 0. The Labute approximate surface area is 156 Å². The number of amides is 1. The van der Waals surface area contributed by atoms with Gasteiger partial charge >= 0.3 is 11.6 Å². The SMILES string of the molecule is CC(=O)Nc1ccc(C(=O)OCc2cc(=O)oc3cc(Br)ccc23)cc1. The summed E-state index contributed by atoms with van der Waals surface area (Å²) in [4.78, 5) is 34.9. The third-order valence-electron chi connectivity index (χ3n) is 3.59. The van der Waals surface area contributed by atoms with Crippen LogP contribution in [0.2, 0.25) is 0 Å². The van der Waals surface area contributed by atoms with Gasteiger partial charge in [-0.15, -0.1) is 0 Å². The average Bonchev–Trinajstić information content (AvgIpc) is 2.59. The van der Waals surface area contributed by atoms with Crippen LogP contribution < -0.4 is 10.9 Å². The van der Waals surface area contributed by atoms with Crippen molar-refractivity contribution in [1.82, 2.24) is 0 Å². The van der Waals surface area contributed by atoms with Crippen molar-refractivity contribution in [3.05, 3.63) is 74.6 Å². The fraction of sp³-hybridized carbons (Fsp3) is 0.105. The number of fused-ring (bicyclic) bond motifs is 1. The van der Waals surface area contributed by atoms with Crippen LogP contribution in [-0.2, 0) is 16.1 Å². The number of halogens is 1. The van der Waals surface area contributed by atoms with Crippen molar-refractivity contribution in [2.24, 2.45) is 0 Å². The van der Waals surface area contributed by atoms with Gasteiger partial charge in [0.15, 0.2) is 0 Å². The van der Waals surface area contributed by atoms with Gasteiger partial charge in [-0.05, 0) is 42.5 Å². The van der Waals surface area contributed by atoms with Crippen LogP contribution in [0.4, 0.5) is 5.69 Å². The summed E-state index contributed by atoms with van der Waals surface area (Å²) < 4.78 is 11.2. The predicted octanol–water partition coefficient (Wildman–Crippen LogP) is 3.87. The van der Waals surface area contributed by atoms with Gasteiger partial charge in [0.05, 0.1) is 5.56 Å².